The van der Waals surface area contributed by atoms with Crippen molar-refractivity contribution in [2.24, 2.45) is 0 Å². The largest absolute Gasteiger partial charge is 0.484 e. The van der Waals surface area contributed by atoms with E-state index in [2.05, 4.69) is 4.98 Å². The number of aromatic nitrogens is 2. The summed E-state index contributed by atoms with van der Waals surface area (Å²) >= 11 is 0. The van der Waals surface area contributed by atoms with Crippen molar-refractivity contribution in [1.29, 1.82) is 0 Å². The van der Waals surface area contributed by atoms with Crippen LogP contribution in [0.15, 0.2) is 54.7 Å². The Morgan fingerprint density at radius 1 is 1.03 bits per heavy atom. The summed E-state index contributed by atoms with van der Waals surface area (Å²) in [4.78, 5) is 23.9. The van der Waals surface area contributed by atoms with Gasteiger partial charge >= 0.3 is 0 Å². The lowest BCUT2D eigenvalue weighted by molar-refractivity contribution is -0.137. The molecule has 3 heterocycles. The van der Waals surface area contributed by atoms with Gasteiger partial charge in [-0.05, 0) is 61.4 Å². The van der Waals surface area contributed by atoms with E-state index in [0.29, 0.717) is 18.0 Å². The van der Waals surface area contributed by atoms with Crippen molar-refractivity contribution in [2.75, 3.05) is 6.61 Å². The first-order valence-corrected chi connectivity index (χ1v) is 9.90. The molecule has 2 bridgehead atoms. The monoisotopic (exact) mass is 407 g/mol. The zero-order chi connectivity index (χ0) is 20.7. The van der Waals surface area contributed by atoms with E-state index >= 15 is 0 Å². The molecular weight excluding hydrogens is 388 g/mol. The van der Waals surface area contributed by atoms with E-state index in [1.54, 1.807) is 18.3 Å². The highest BCUT2D eigenvalue weighted by Gasteiger charge is 2.43. The standard InChI is InChI=1S/C23H19F2N3O2/c24-15-3-1-14(2-4-15)23-26-12-19-20(27-23)11-17-7-10-21(19)28(17)22(29)13-30-18-8-5-16(25)6-9-18/h1-6,8-9,12,17,21H,7,10-11,13H2/t17-,21+/m0/s1. The summed E-state index contributed by atoms with van der Waals surface area (Å²) in [6.07, 6.45) is 4.20. The molecule has 152 valence electrons. The predicted molar refractivity (Wildman–Crippen MR) is 106 cm³/mol. The van der Waals surface area contributed by atoms with Crippen molar-refractivity contribution < 1.29 is 18.3 Å². The Morgan fingerprint density at radius 3 is 2.47 bits per heavy atom. The van der Waals surface area contributed by atoms with Gasteiger partial charge in [-0.1, -0.05) is 0 Å². The van der Waals surface area contributed by atoms with Crippen molar-refractivity contribution in [2.45, 2.75) is 31.3 Å². The number of ether oxygens (including phenoxy) is 1. The molecule has 30 heavy (non-hydrogen) atoms. The van der Waals surface area contributed by atoms with Gasteiger partial charge in [0.25, 0.3) is 5.91 Å². The van der Waals surface area contributed by atoms with Crippen molar-refractivity contribution in [3.63, 3.8) is 0 Å². The van der Waals surface area contributed by atoms with Crippen LogP contribution in [0.3, 0.4) is 0 Å². The lowest BCUT2D eigenvalue weighted by Crippen LogP contribution is -2.44. The molecule has 0 spiro atoms. The van der Waals surface area contributed by atoms with E-state index in [1.807, 2.05) is 4.90 Å². The van der Waals surface area contributed by atoms with Crippen LogP contribution in [-0.4, -0.2) is 33.4 Å². The number of hydrogen-bond acceptors (Lipinski definition) is 4. The van der Waals surface area contributed by atoms with Crippen LogP contribution in [0.1, 0.15) is 30.1 Å². The SMILES string of the molecule is O=C(COc1ccc(F)cc1)N1[C@H]2CC[C@@H]1c1cnc(-c3ccc(F)cc3)nc1C2. The number of carbonyl (C=O) groups is 1. The highest BCUT2D eigenvalue weighted by Crippen LogP contribution is 2.43. The quantitative estimate of drug-likeness (QED) is 0.654. The molecule has 2 aliphatic rings. The summed E-state index contributed by atoms with van der Waals surface area (Å²) in [6.45, 7) is -0.0948. The van der Waals surface area contributed by atoms with Crippen LogP contribution in [0.5, 0.6) is 5.75 Å². The highest BCUT2D eigenvalue weighted by atomic mass is 19.1. The predicted octanol–water partition coefficient (Wildman–Crippen LogP) is 4.09. The minimum atomic E-state index is -0.348. The minimum Gasteiger partial charge on any atom is -0.484 e. The van der Waals surface area contributed by atoms with E-state index < -0.39 is 0 Å². The van der Waals surface area contributed by atoms with Crippen LogP contribution >= 0.6 is 0 Å². The van der Waals surface area contributed by atoms with Gasteiger partial charge in [0.05, 0.1) is 11.7 Å². The second-order valence-electron chi connectivity index (χ2n) is 7.60. The Kier molecular flexibility index (Phi) is 4.65. The lowest BCUT2D eigenvalue weighted by Gasteiger charge is -2.35. The summed E-state index contributed by atoms with van der Waals surface area (Å²) in [5, 5.41) is 0. The Hall–Kier alpha value is -3.35. The number of amides is 1. The third kappa shape index (κ3) is 3.40. The maximum absolute atomic E-state index is 13.2. The van der Waals surface area contributed by atoms with Gasteiger partial charge in [-0.25, -0.2) is 18.7 Å². The molecule has 2 atom stereocenters. The molecule has 2 aromatic carbocycles. The van der Waals surface area contributed by atoms with Crippen molar-refractivity contribution >= 4 is 5.91 Å². The number of halogens is 2. The molecular formula is C23H19F2N3O2. The fraction of sp³-hybridized carbons (Fsp3) is 0.261. The van der Waals surface area contributed by atoms with E-state index in [4.69, 9.17) is 9.72 Å². The molecule has 5 nitrogen and oxygen atoms in total. The van der Waals surface area contributed by atoms with E-state index in [0.717, 1.165) is 29.7 Å². The van der Waals surface area contributed by atoms with Gasteiger partial charge < -0.3 is 9.64 Å². The third-order valence-electron chi connectivity index (χ3n) is 5.76. The number of nitrogens with zero attached hydrogens (tertiary/aromatic N) is 3. The fourth-order valence-corrected chi connectivity index (χ4v) is 4.35. The van der Waals surface area contributed by atoms with Crippen LogP contribution in [0.25, 0.3) is 11.4 Å². The Morgan fingerprint density at radius 2 is 1.73 bits per heavy atom. The summed E-state index contributed by atoms with van der Waals surface area (Å²) in [5.74, 6) is 0.278. The van der Waals surface area contributed by atoms with Gasteiger partial charge in [-0.2, -0.15) is 0 Å². The first kappa shape index (κ1) is 18.7. The van der Waals surface area contributed by atoms with Crippen molar-refractivity contribution in [3.8, 4) is 17.1 Å². The minimum absolute atomic E-state index is 0.0645. The van der Waals surface area contributed by atoms with Crippen LogP contribution in [-0.2, 0) is 11.2 Å². The Balaban J connectivity index is 1.34. The van der Waals surface area contributed by atoms with Gasteiger partial charge in [-0.3, -0.25) is 4.79 Å². The second kappa shape index (κ2) is 7.48. The smallest absolute Gasteiger partial charge is 0.261 e. The average Bonchev–Trinajstić information content (AvgIpc) is 3.08. The van der Waals surface area contributed by atoms with Crippen molar-refractivity contribution in [1.82, 2.24) is 14.9 Å². The summed E-state index contributed by atoms with van der Waals surface area (Å²) in [6, 6.07) is 11.7. The van der Waals surface area contributed by atoms with Gasteiger partial charge in [0.15, 0.2) is 12.4 Å². The fourth-order valence-electron chi connectivity index (χ4n) is 4.35. The molecule has 2 aliphatic heterocycles. The number of hydrogen-bond donors (Lipinski definition) is 0. The number of benzene rings is 2. The Labute approximate surface area is 172 Å². The maximum Gasteiger partial charge on any atom is 0.261 e. The van der Waals surface area contributed by atoms with Crippen LogP contribution < -0.4 is 4.74 Å². The zero-order valence-electron chi connectivity index (χ0n) is 16.1. The molecule has 0 N–H and O–H groups in total. The molecule has 0 aliphatic carbocycles. The first-order chi connectivity index (χ1) is 14.6. The summed E-state index contributed by atoms with van der Waals surface area (Å²) < 4.78 is 31.8. The third-order valence-corrected chi connectivity index (χ3v) is 5.76. The van der Waals surface area contributed by atoms with Gasteiger partial charge in [-0.15, -0.1) is 0 Å². The highest BCUT2D eigenvalue weighted by molar-refractivity contribution is 5.79. The molecule has 5 rings (SSSR count). The molecule has 7 heteroatoms. The average molecular weight is 407 g/mol. The maximum atomic E-state index is 13.2. The molecule has 0 unspecified atom stereocenters. The van der Waals surface area contributed by atoms with Crippen LogP contribution in [0.2, 0.25) is 0 Å². The topological polar surface area (TPSA) is 55.3 Å². The normalized spacial score (nSPS) is 19.5. The molecule has 0 saturated carbocycles. The zero-order valence-corrected chi connectivity index (χ0v) is 16.1. The summed E-state index contributed by atoms with van der Waals surface area (Å²) in [5.41, 5.74) is 2.67. The molecule has 0 radical (unpaired) electrons. The van der Waals surface area contributed by atoms with Gasteiger partial charge in [0.2, 0.25) is 0 Å². The lowest BCUT2D eigenvalue weighted by atomic mass is 9.99. The molecule has 1 aromatic heterocycles. The first-order valence-electron chi connectivity index (χ1n) is 9.90. The van der Waals surface area contributed by atoms with E-state index in [1.165, 1.54) is 36.4 Å². The Bertz CT molecular complexity index is 1090. The van der Waals surface area contributed by atoms with Crippen molar-refractivity contribution in [3.05, 3.63) is 77.6 Å². The molecule has 1 amide bonds. The number of rotatable bonds is 4. The van der Waals surface area contributed by atoms with Gasteiger partial charge in [0, 0.05) is 29.8 Å². The van der Waals surface area contributed by atoms with E-state index in [9.17, 15) is 13.6 Å². The second-order valence-corrected chi connectivity index (χ2v) is 7.60. The number of fused-ring (bicyclic) bond motifs is 4. The molecule has 1 fully saturated rings. The van der Waals surface area contributed by atoms with E-state index in [-0.39, 0.29) is 36.2 Å². The van der Waals surface area contributed by atoms with Crippen LogP contribution in [0, 0.1) is 11.6 Å². The van der Waals surface area contributed by atoms with Crippen LogP contribution in [0.4, 0.5) is 8.78 Å². The molecule has 1 saturated heterocycles. The summed E-state index contributed by atoms with van der Waals surface area (Å²) in [7, 11) is 0. The van der Waals surface area contributed by atoms with Gasteiger partial charge in [0.1, 0.15) is 17.4 Å². The molecule has 3 aromatic rings. The number of carbonyl (C=O) groups excluding carboxylic acids is 1.